The summed E-state index contributed by atoms with van der Waals surface area (Å²) in [4.78, 5) is 26.6. The van der Waals surface area contributed by atoms with Crippen molar-refractivity contribution in [2.75, 3.05) is 4.90 Å². The van der Waals surface area contributed by atoms with Crippen molar-refractivity contribution in [1.29, 1.82) is 0 Å². The number of aliphatic hydroxyl groups is 1. The quantitative estimate of drug-likeness (QED) is 0.870. The largest absolute Gasteiger partial charge is 0.389 e. The number of rotatable bonds is 3. The summed E-state index contributed by atoms with van der Waals surface area (Å²) >= 11 is 0. The van der Waals surface area contributed by atoms with Crippen molar-refractivity contribution in [2.24, 2.45) is 17.8 Å². The Bertz CT molecular complexity index is 557. The average Bonchev–Trinajstić information content (AvgIpc) is 2.99. The normalized spacial score (nSPS) is 29.9. The summed E-state index contributed by atoms with van der Waals surface area (Å²) in [7, 11) is 0. The van der Waals surface area contributed by atoms with Gasteiger partial charge >= 0.3 is 0 Å². The molecular formula is C17H21NO3. The number of para-hydroxylation sites is 1. The summed E-state index contributed by atoms with van der Waals surface area (Å²) in [5.74, 6) is -0.0147. The van der Waals surface area contributed by atoms with Crippen LogP contribution in [0.25, 0.3) is 0 Å². The van der Waals surface area contributed by atoms with E-state index in [1.54, 1.807) is 25.1 Å². The lowest BCUT2D eigenvalue weighted by Crippen LogP contribution is -2.33. The highest BCUT2D eigenvalue weighted by Crippen LogP contribution is 2.46. The fourth-order valence-electron chi connectivity index (χ4n) is 3.74. The number of amides is 2. The topological polar surface area (TPSA) is 57.6 Å². The number of fused-ring (bicyclic) bond motifs is 1. The van der Waals surface area contributed by atoms with Crippen LogP contribution in [-0.2, 0) is 9.59 Å². The summed E-state index contributed by atoms with van der Waals surface area (Å²) in [5, 5.41) is 9.87. The van der Waals surface area contributed by atoms with Gasteiger partial charge in [-0.3, -0.25) is 9.59 Å². The minimum Gasteiger partial charge on any atom is -0.389 e. The zero-order valence-electron chi connectivity index (χ0n) is 12.5. The number of benzene rings is 1. The molecule has 2 fully saturated rings. The van der Waals surface area contributed by atoms with Crippen molar-refractivity contribution < 1.29 is 14.7 Å². The molecule has 0 aromatic heterocycles. The highest BCUT2D eigenvalue weighted by atomic mass is 16.3. The maximum absolute atomic E-state index is 12.7. The molecule has 3 rings (SSSR count). The lowest BCUT2D eigenvalue weighted by molar-refractivity contribution is -0.123. The Hall–Kier alpha value is -1.68. The van der Waals surface area contributed by atoms with E-state index in [4.69, 9.17) is 0 Å². The van der Waals surface area contributed by atoms with E-state index in [1.807, 2.05) is 6.07 Å². The summed E-state index contributed by atoms with van der Waals surface area (Å²) in [6, 6.07) is 7.12. The van der Waals surface area contributed by atoms with Gasteiger partial charge in [0, 0.05) is 5.56 Å². The van der Waals surface area contributed by atoms with Gasteiger partial charge in [0.05, 0.1) is 23.6 Å². The molecule has 0 bridgehead atoms. The zero-order valence-corrected chi connectivity index (χ0v) is 12.5. The van der Waals surface area contributed by atoms with Gasteiger partial charge < -0.3 is 5.11 Å². The number of carbonyl (C=O) groups excluding carboxylic acids is 2. The van der Waals surface area contributed by atoms with Crippen molar-refractivity contribution in [1.82, 2.24) is 0 Å². The van der Waals surface area contributed by atoms with Crippen LogP contribution in [0.3, 0.4) is 0 Å². The van der Waals surface area contributed by atoms with Crippen molar-refractivity contribution in [2.45, 2.75) is 39.2 Å². The van der Waals surface area contributed by atoms with Gasteiger partial charge in [0.2, 0.25) is 11.8 Å². The van der Waals surface area contributed by atoms with E-state index in [0.717, 1.165) is 19.3 Å². The third kappa shape index (κ3) is 2.18. The number of carbonyl (C=O) groups is 2. The van der Waals surface area contributed by atoms with Gasteiger partial charge in [-0.05, 0) is 31.7 Å². The van der Waals surface area contributed by atoms with Crippen LogP contribution in [0, 0.1) is 17.8 Å². The number of anilines is 1. The second-order valence-electron chi connectivity index (χ2n) is 6.21. The van der Waals surface area contributed by atoms with E-state index in [1.165, 1.54) is 4.90 Å². The number of hydrogen-bond donors (Lipinski definition) is 1. The van der Waals surface area contributed by atoms with E-state index >= 15 is 0 Å². The molecule has 1 saturated heterocycles. The highest BCUT2D eigenvalue weighted by Gasteiger charge is 2.53. The lowest BCUT2D eigenvalue weighted by Gasteiger charge is -2.21. The highest BCUT2D eigenvalue weighted by molar-refractivity contribution is 6.22. The minimum atomic E-state index is -0.703. The zero-order chi connectivity index (χ0) is 15.1. The molecule has 1 N–H and O–H groups in total. The summed E-state index contributed by atoms with van der Waals surface area (Å²) < 4.78 is 0. The van der Waals surface area contributed by atoms with E-state index in [2.05, 4.69) is 6.92 Å². The minimum absolute atomic E-state index is 0.0888. The predicted octanol–water partition coefficient (Wildman–Crippen LogP) is 2.67. The third-order valence-electron chi connectivity index (χ3n) is 4.94. The standard InChI is InChI=1S/C17H21NO3/c1-3-11-8-13-14(9-11)17(21)18(16(13)20)15-7-5-4-6-12(15)10(2)19/h4-7,10-11,13-14,19H,3,8-9H2,1-2H3. The average molecular weight is 287 g/mol. The molecule has 4 heteroatoms. The molecule has 4 nitrogen and oxygen atoms in total. The molecule has 3 atom stereocenters. The molecule has 1 aromatic rings. The van der Waals surface area contributed by atoms with Crippen molar-refractivity contribution in [3.8, 4) is 0 Å². The fourth-order valence-corrected chi connectivity index (χ4v) is 3.74. The molecular weight excluding hydrogens is 266 g/mol. The van der Waals surface area contributed by atoms with Gasteiger partial charge in [-0.1, -0.05) is 31.5 Å². The molecule has 112 valence electrons. The van der Waals surface area contributed by atoms with Crippen LogP contribution in [-0.4, -0.2) is 16.9 Å². The predicted molar refractivity (Wildman–Crippen MR) is 79.6 cm³/mol. The molecule has 21 heavy (non-hydrogen) atoms. The number of nitrogens with zero attached hydrogens (tertiary/aromatic N) is 1. The van der Waals surface area contributed by atoms with Crippen molar-refractivity contribution in [3.05, 3.63) is 29.8 Å². The Morgan fingerprint density at radius 3 is 2.29 bits per heavy atom. The SMILES string of the molecule is CCC1CC2C(=O)N(c3ccccc3C(C)O)C(=O)C2C1. The van der Waals surface area contributed by atoms with Crippen LogP contribution in [0.1, 0.15) is 44.8 Å². The van der Waals surface area contributed by atoms with Gasteiger partial charge in [0.1, 0.15) is 0 Å². The molecule has 3 unspecified atom stereocenters. The Kier molecular flexibility index (Phi) is 3.57. The Morgan fingerprint density at radius 1 is 1.19 bits per heavy atom. The molecule has 1 aliphatic carbocycles. The van der Waals surface area contributed by atoms with Crippen LogP contribution in [0.4, 0.5) is 5.69 Å². The fraction of sp³-hybridized carbons (Fsp3) is 0.529. The number of aliphatic hydroxyl groups excluding tert-OH is 1. The molecule has 2 amide bonds. The van der Waals surface area contributed by atoms with Crippen LogP contribution in [0.2, 0.25) is 0 Å². The van der Waals surface area contributed by atoms with Crippen LogP contribution >= 0.6 is 0 Å². The van der Waals surface area contributed by atoms with Crippen LogP contribution in [0.5, 0.6) is 0 Å². The first-order valence-electron chi connectivity index (χ1n) is 7.69. The smallest absolute Gasteiger partial charge is 0.237 e. The summed E-state index contributed by atoms with van der Waals surface area (Å²) in [6.45, 7) is 3.76. The first-order valence-corrected chi connectivity index (χ1v) is 7.69. The van der Waals surface area contributed by atoms with Crippen molar-refractivity contribution >= 4 is 17.5 Å². The Morgan fingerprint density at radius 2 is 1.76 bits per heavy atom. The first kappa shape index (κ1) is 14.3. The summed E-state index contributed by atoms with van der Waals surface area (Å²) in [5.41, 5.74) is 1.18. The molecule has 0 radical (unpaired) electrons. The number of hydrogen-bond acceptors (Lipinski definition) is 3. The molecule has 1 saturated carbocycles. The van der Waals surface area contributed by atoms with Gasteiger partial charge in [-0.2, -0.15) is 0 Å². The van der Waals surface area contributed by atoms with E-state index in [9.17, 15) is 14.7 Å². The Labute approximate surface area is 124 Å². The monoisotopic (exact) mass is 287 g/mol. The third-order valence-corrected chi connectivity index (χ3v) is 4.94. The Balaban J connectivity index is 1.96. The van der Waals surface area contributed by atoms with Gasteiger partial charge in [-0.25, -0.2) is 4.90 Å². The van der Waals surface area contributed by atoms with Crippen LogP contribution < -0.4 is 4.90 Å². The lowest BCUT2D eigenvalue weighted by atomic mass is 10.00. The molecule has 1 aromatic carbocycles. The molecule has 2 aliphatic rings. The van der Waals surface area contributed by atoms with Gasteiger partial charge in [-0.15, -0.1) is 0 Å². The molecule has 1 aliphatic heterocycles. The molecule has 1 heterocycles. The molecule has 0 spiro atoms. The van der Waals surface area contributed by atoms with E-state index < -0.39 is 6.10 Å². The van der Waals surface area contributed by atoms with E-state index in [0.29, 0.717) is 17.2 Å². The first-order chi connectivity index (χ1) is 10.0. The maximum atomic E-state index is 12.7. The van der Waals surface area contributed by atoms with E-state index in [-0.39, 0.29) is 23.7 Å². The summed E-state index contributed by atoms with van der Waals surface area (Å²) in [6.07, 6.45) is 1.96. The second-order valence-corrected chi connectivity index (χ2v) is 6.21. The maximum Gasteiger partial charge on any atom is 0.237 e. The van der Waals surface area contributed by atoms with Crippen molar-refractivity contribution in [3.63, 3.8) is 0 Å². The van der Waals surface area contributed by atoms with Gasteiger partial charge in [0.15, 0.2) is 0 Å². The second kappa shape index (κ2) is 5.26. The van der Waals surface area contributed by atoms with Crippen LogP contribution in [0.15, 0.2) is 24.3 Å². The number of imide groups is 1. The van der Waals surface area contributed by atoms with Gasteiger partial charge in [0.25, 0.3) is 0 Å².